The largest absolute Gasteiger partial charge is 0.481 e. The first kappa shape index (κ1) is 18.7. The third kappa shape index (κ3) is 4.92. The van der Waals surface area contributed by atoms with Gasteiger partial charge in [-0.2, -0.15) is 5.10 Å². The van der Waals surface area contributed by atoms with E-state index >= 15 is 0 Å². The lowest BCUT2D eigenvalue weighted by Gasteiger charge is -2.14. The summed E-state index contributed by atoms with van der Waals surface area (Å²) in [5.41, 5.74) is 2.97. The molecule has 0 spiro atoms. The number of aliphatic carboxylic acids is 1. The van der Waals surface area contributed by atoms with Gasteiger partial charge in [-0.1, -0.05) is 26.0 Å². The van der Waals surface area contributed by atoms with Crippen molar-refractivity contribution in [2.75, 3.05) is 5.32 Å². The van der Waals surface area contributed by atoms with Crippen LogP contribution < -0.4 is 5.32 Å². The molecule has 1 heterocycles. The Morgan fingerprint density at radius 2 is 1.84 bits per heavy atom. The van der Waals surface area contributed by atoms with Crippen LogP contribution in [0.4, 0.5) is 5.69 Å². The molecule has 1 aromatic carbocycles. The fourth-order valence-corrected chi connectivity index (χ4v) is 2.80. The van der Waals surface area contributed by atoms with Gasteiger partial charge in [-0.25, -0.2) is 0 Å². The van der Waals surface area contributed by atoms with Crippen molar-refractivity contribution in [3.63, 3.8) is 0 Å². The van der Waals surface area contributed by atoms with E-state index < -0.39 is 5.97 Å². The van der Waals surface area contributed by atoms with E-state index in [1.807, 2.05) is 23.7 Å². The van der Waals surface area contributed by atoms with Crippen LogP contribution in [-0.4, -0.2) is 26.8 Å². The molecule has 2 N–H and O–H groups in total. The van der Waals surface area contributed by atoms with Crippen molar-refractivity contribution >= 4 is 17.6 Å². The number of hydrogen-bond acceptors (Lipinski definition) is 3. The highest BCUT2D eigenvalue weighted by Gasteiger charge is 2.16. The smallest absolute Gasteiger partial charge is 0.303 e. The Kier molecular flexibility index (Phi) is 6.33. The first-order chi connectivity index (χ1) is 11.9. The molecule has 0 atom stereocenters. The van der Waals surface area contributed by atoms with Crippen LogP contribution in [0, 0.1) is 6.92 Å². The van der Waals surface area contributed by atoms with Gasteiger partial charge < -0.3 is 10.4 Å². The van der Waals surface area contributed by atoms with Gasteiger partial charge in [0, 0.05) is 17.8 Å². The number of nitrogens with zero attached hydrogens (tertiary/aromatic N) is 2. The predicted octanol–water partition coefficient (Wildman–Crippen LogP) is 3.82. The Labute approximate surface area is 147 Å². The second-order valence-corrected chi connectivity index (χ2v) is 6.13. The maximum Gasteiger partial charge on any atom is 0.303 e. The maximum atomic E-state index is 12.4. The third-order valence-corrected chi connectivity index (χ3v) is 4.28. The average molecular weight is 343 g/mol. The van der Waals surface area contributed by atoms with Gasteiger partial charge in [0.2, 0.25) is 0 Å². The molecule has 0 aliphatic rings. The molecule has 6 nitrogen and oxygen atoms in total. The Morgan fingerprint density at radius 3 is 2.40 bits per heavy atom. The zero-order valence-corrected chi connectivity index (χ0v) is 15.0. The molecule has 0 saturated carbocycles. The van der Waals surface area contributed by atoms with Crippen LogP contribution in [0.2, 0.25) is 0 Å². The van der Waals surface area contributed by atoms with Gasteiger partial charge in [0.25, 0.3) is 5.91 Å². The van der Waals surface area contributed by atoms with E-state index in [1.165, 1.54) is 0 Å². The normalized spacial score (nSPS) is 10.9. The van der Waals surface area contributed by atoms with Crippen LogP contribution in [0.5, 0.6) is 0 Å². The van der Waals surface area contributed by atoms with Gasteiger partial charge in [0.1, 0.15) is 0 Å². The topological polar surface area (TPSA) is 84.2 Å². The van der Waals surface area contributed by atoms with Crippen molar-refractivity contribution in [2.24, 2.45) is 0 Å². The van der Waals surface area contributed by atoms with E-state index in [2.05, 4.69) is 24.3 Å². The number of rotatable bonds is 8. The lowest BCUT2D eigenvalue weighted by atomic mass is 10.1. The number of amides is 1. The molecule has 6 heteroatoms. The fraction of sp³-hybridized carbons (Fsp3) is 0.421. The van der Waals surface area contributed by atoms with Crippen LogP contribution >= 0.6 is 0 Å². The molecular weight excluding hydrogens is 318 g/mol. The first-order valence-electron chi connectivity index (χ1n) is 8.62. The highest BCUT2D eigenvalue weighted by molar-refractivity contribution is 6.02. The number of carboxylic acid groups (broad SMARTS) is 1. The van der Waals surface area contributed by atoms with E-state index in [0.29, 0.717) is 23.8 Å². The van der Waals surface area contributed by atoms with E-state index in [4.69, 9.17) is 5.11 Å². The minimum Gasteiger partial charge on any atom is -0.481 e. The van der Waals surface area contributed by atoms with Gasteiger partial charge in [0.05, 0.1) is 6.04 Å². The Bertz CT molecular complexity index is 731. The Hall–Kier alpha value is -2.63. The molecule has 0 aliphatic carbocycles. The van der Waals surface area contributed by atoms with Crippen molar-refractivity contribution in [3.8, 4) is 0 Å². The molecule has 0 unspecified atom stereocenters. The molecule has 0 bridgehead atoms. The zero-order valence-electron chi connectivity index (χ0n) is 15.0. The molecule has 2 rings (SSSR count). The first-order valence-corrected chi connectivity index (χ1v) is 8.62. The number of benzene rings is 1. The summed E-state index contributed by atoms with van der Waals surface area (Å²) in [6.45, 7) is 6.18. The highest BCUT2D eigenvalue weighted by atomic mass is 16.4. The molecule has 1 aromatic heterocycles. The average Bonchev–Trinajstić information content (AvgIpc) is 2.97. The van der Waals surface area contributed by atoms with Crippen LogP contribution in [0.1, 0.15) is 60.9 Å². The number of aromatic nitrogens is 2. The minimum absolute atomic E-state index is 0.0957. The molecule has 134 valence electrons. The molecule has 25 heavy (non-hydrogen) atoms. The lowest BCUT2D eigenvalue weighted by molar-refractivity contribution is -0.136. The summed E-state index contributed by atoms with van der Waals surface area (Å²) < 4.78 is 1.92. The molecule has 1 amide bonds. The molecular formula is C19H25N3O3. The summed E-state index contributed by atoms with van der Waals surface area (Å²) in [7, 11) is 0. The third-order valence-electron chi connectivity index (χ3n) is 4.28. The van der Waals surface area contributed by atoms with Gasteiger partial charge in [-0.3, -0.25) is 14.3 Å². The molecule has 0 radical (unpaired) electrons. The molecule has 0 saturated heterocycles. The SMILES string of the molecule is CCC(CC)n1nc(C(=O)Nc2ccc(CCC(=O)O)cc2)cc1C. The number of hydrogen-bond donors (Lipinski definition) is 2. The molecule has 0 aliphatic heterocycles. The van der Waals surface area contributed by atoms with Crippen molar-refractivity contribution in [1.82, 2.24) is 9.78 Å². The summed E-state index contributed by atoms with van der Waals surface area (Å²) in [4.78, 5) is 23.0. The van der Waals surface area contributed by atoms with Gasteiger partial charge in [0.15, 0.2) is 5.69 Å². The van der Waals surface area contributed by atoms with E-state index in [-0.39, 0.29) is 12.3 Å². The summed E-state index contributed by atoms with van der Waals surface area (Å²) in [5, 5.41) is 16.0. The molecule has 2 aromatic rings. The number of anilines is 1. The fourth-order valence-electron chi connectivity index (χ4n) is 2.80. The van der Waals surface area contributed by atoms with E-state index in [0.717, 1.165) is 24.1 Å². The second-order valence-electron chi connectivity index (χ2n) is 6.13. The standard InChI is InChI=1S/C19H25N3O3/c1-4-16(5-2)22-13(3)12-17(21-22)19(25)20-15-9-6-14(7-10-15)8-11-18(23)24/h6-7,9-10,12,16H,4-5,8,11H2,1-3H3,(H,20,25)(H,23,24). The quantitative estimate of drug-likeness (QED) is 0.763. The number of aryl methyl sites for hydroxylation is 2. The monoisotopic (exact) mass is 343 g/mol. The molecule has 0 fully saturated rings. The predicted molar refractivity (Wildman–Crippen MR) is 96.9 cm³/mol. The van der Waals surface area contributed by atoms with Gasteiger partial charge >= 0.3 is 5.97 Å². The summed E-state index contributed by atoms with van der Waals surface area (Å²) in [6.07, 6.45) is 2.51. The summed E-state index contributed by atoms with van der Waals surface area (Å²) in [5.74, 6) is -1.06. The van der Waals surface area contributed by atoms with Crippen molar-refractivity contribution in [3.05, 3.63) is 47.3 Å². The summed E-state index contributed by atoms with van der Waals surface area (Å²) >= 11 is 0. The van der Waals surface area contributed by atoms with Crippen molar-refractivity contribution < 1.29 is 14.7 Å². The minimum atomic E-state index is -0.819. The Balaban J connectivity index is 2.04. The van der Waals surface area contributed by atoms with Crippen molar-refractivity contribution in [2.45, 2.75) is 52.5 Å². The number of carbonyl (C=O) groups excluding carboxylic acids is 1. The number of carbonyl (C=O) groups is 2. The van der Waals surface area contributed by atoms with Crippen LogP contribution in [0.15, 0.2) is 30.3 Å². The highest BCUT2D eigenvalue weighted by Crippen LogP contribution is 2.19. The second kappa shape index (κ2) is 8.46. The van der Waals surface area contributed by atoms with E-state index in [9.17, 15) is 9.59 Å². The van der Waals surface area contributed by atoms with Crippen LogP contribution in [-0.2, 0) is 11.2 Å². The van der Waals surface area contributed by atoms with E-state index in [1.54, 1.807) is 18.2 Å². The zero-order chi connectivity index (χ0) is 18.4. The van der Waals surface area contributed by atoms with Crippen LogP contribution in [0.3, 0.4) is 0 Å². The van der Waals surface area contributed by atoms with Crippen LogP contribution in [0.25, 0.3) is 0 Å². The van der Waals surface area contributed by atoms with Gasteiger partial charge in [-0.05, 0) is 49.9 Å². The summed E-state index contributed by atoms with van der Waals surface area (Å²) in [6, 6.07) is 9.31. The number of nitrogens with one attached hydrogen (secondary N) is 1. The lowest BCUT2D eigenvalue weighted by Crippen LogP contribution is -2.15. The number of carboxylic acids is 1. The van der Waals surface area contributed by atoms with Gasteiger partial charge in [-0.15, -0.1) is 0 Å². The Morgan fingerprint density at radius 1 is 1.20 bits per heavy atom. The maximum absolute atomic E-state index is 12.4. The van der Waals surface area contributed by atoms with Crippen molar-refractivity contribution in [1.29, 1.82) is 0 Å².